The van der Waals surface area contributed by atoms with E-state index in [2.05, 4.69) is 10.3 Å². The Kier molecular flexibility index (Phi) is 5.94. The zero-order chi connectivity index (χ0) is 20.9. The fraction of sp³-hybridized carbons (Fsp3) is 0.136. The molecule has 0 bridgehead atoms. The van der Waals surface area contributed by atoms with Crippen molar-refractivity contribution in [3.63, 3.8) is 0 Å². The number of nitrogens with zero attached hydrogens (tertiary/aromatic N) is 2. The molecule has 0 spiro atoms. The number of nitrogens with one attached hydrogen (secondary N) is 1. The van der Waals surface area contributed by atoms with Crippen molar-refractivity contribution >= 4 is 28.6 Å². The number of thioether (sulfide) groups is 1. The minimum absolute atomic E-state index is 0.0922. The molecule has 30 heavy (non-hydrogen) atoms. The van der Waals surface area contributed by atoms with Gasteiger partial charge in [0.25, 0.3) is 5.56 Å². The summed E-state index contributed by atoms with van der Waals surface area (Å²) in [5.41, 5.74) is 1.12. The molecule has 152 valence electrons. The highest BCUT2D eigenvalue weighted by Crippen LogP contribution is 2.19. The summed E-state index contributed by atoms with van der Waals surface area (Å²) >= 11 is 1.18. The molecule has 8 heteroatoms. The van der Waals surface area contributed by atoms with Gasteiger partial charge in [0.1, 0.15) is 11.6 Å². The van der Waals surface area contributed by atoms with E-state index in [4.69, 9.17) is 4.42 Å². The third-order valence-corrected chi connectivity index (χ3v) is 5.43. The molecule has 0 aliphatic rings. The first kappa shape index (κ1) is 19.9. The zero-order valence-electron chi connectivity index (χ0n) is 15.9. The van der Waals surface area contributed by atoms with E-state index in [0.29, 0.717) is 28.4 Å². The molecule has 0 saturated carbocycles. The molecule has 6 nitrogen and oxygen atoms in total. The van der Waals surface area contributed by atoms with Gasteiger partial charge in [-0.15, -0.1) is 0 Å². The number of fused-ring (bicyclic) bond motifs is 1. The molecule has 1 N–H and O–H groups in total. The molecule has 2 aromatic heterocycles. The lowest BCUT2D eigenvalue weighted by Gasteiger charge is -2.13. The lowest BCUT2D eigenvalue weighted by molar-refractivity contribution is -0.118. The summed E-state index contributed by atoms with van der Waals surface area (Å²) in [6.07, 6.45) is 1.55. The minimum Gasteiger partial charge on any atom is -0.467 e. The maximum absolute atomic E-state index is 13.2. The van der Waals surface area contributed by atoms with Crippen molar-refractivity contribution in [3.05, 3.63) is 94.4 Å². The Morgan fingerprint density at radius 2 is 1.90 bits per heavy atom. The molecular weight excluding hydrogens is 405 g/mol. The normalized spacial score (nSPS) is 11.0. The Balaban J connectivity index is 1.57. The lowest BCUT2D eigenvalue weighted by Crippen LogP contribution is -2.27. The van der Waals surface area contributed by atoms with Gasteiger partial charge in [0.2, 0.25) is 5.91 Å². The van der Waals surface area contributed by atoms with Crippen molar-refractivity contribution in [3.8, 4) is 0 Å². The fourth-order valence-corrected chi connectivity index (χ4v) is 3.78. The molecule has 0 saturated heterocycles. The summed E-state index contributed by atoms with van der Waals surface area (Å²) in [6, 6.07) is 16.6. The highest BCUT2D eigenvalue weighted by atomic mass is 32.2. The second-order valence-electron chi connectivity index (χ2n) is 6.57. The van der Waals surface area contributed by atoms with E-state index in [1.165, 1.54) is 28.5 Å². The number of aromatic nitrogens is 2. The van der Waals surface area contributed by atoms with Gasteiger partial charge in [0.15, 0.2) is 5.16 Å². The van der Waals surface area contributed by atoms with Crippen LogP contribution in [-0.4, -0.2) is 21.2 Å². The monoisotopic (exact) mass is 423 g/mol. The topological polar surface area (TPSA) is 77.1 Å². The van der Waals surface area contributed by atoms with Gasteiger partial charge in [-0.3, -0.25) is 14.2 Å². The molecule has 2 heterocycles. The number of amides is 1. The SMILES string of the molecule is O=C(CSc1nc2ccccc2c(=O)n1Cc1ccc(F)cc1)NCc1ccco1. The van der Waals surface area contributed by atoms with E-state index in [1.54, 1.807) is 48.7 Å². The molecule has 0 aliphatic heterocycles. The van der Waals surface area contributed by atoms with E-state index in [0.717, 1.165) is 5.56 Å². The molecule has 4 aromatic rings. The van der Waals surface area contributed by atoms with E-state index >= 15 is 0 Å². The smallest absolute Gasteiger partial charge is 0.262 e. The molecule has 0 fully saturated rings. The van der Waals surface area contributed by atoms with Crippen LogP contribution in [0.1, 0.15) is 11.3 Å². The van der Waals surface area contributed by atoms with Crippen LogP contribution in [0.4, 0.5) is 4.39 Å². The number of hydrogen-bond donors (Lipinski definition) is 1. The summed E-state index contributed by atoms with van der Waals surface area (Å²) in [4.78, 5) is 29.9. The van der Waals surface area contributed by atoms with Crippen LogP contribution >= 0.6 is 11.8 Å². The third kappa shape index (κ3) is 4.60. The highest BCUT2D eigenvalue weighted by molar-refractivity contribution is 7.99. The summed E-state index contributed by atoms with van der Waals surface area (Å²) < 4.78 is 20.0. The second kappa shape index (κ2) is 8.96. The van der Waals surface area contributed by atoms with E-state index < -0.39 is 0 Å². The van der Waals surface area contributed by atoms with Crippen LogP contribution in [0.25, 0.3) is 10.9 Å². The average Bonchev–Trinajstić information content (AvgIpc) is 3.28. The summed E-state index contributed by atoms with van der Waals surface area (Å²) in [5.74, 6) is 0.206. The number of rotatable bonds is 7. The predicted molar refractivity (Wildman–Crippen MR) is 113 cm³/mol. The van der Waals surface area contributed by atoms with Crippen LogP contribution in [0, 0.1) is 5.82 Å². The molecule has 1 amide bonds. The van der Waals surface area contributed by atoms with Crippen LogP contribution in [0.5, 0.6) is 0 Å². The summed E-state index contributed by atoms with van der Waals surface area (Å²) in [7, 11) is 0. The number of furan rings is 1. The van der Waals surface area contributed by atoms with Crippen LogP contribution in [0.15, 0.2) is 81.3 Å². The van der Waals surface area contributed by atoms with Gasteiger partial charge >= 0.3 is 0 Å². The highest BCUT2D eigenvalue weighted by Gasteiger charge is 2.14. The van der Waals surface area contributed by atoms with Crippen LogP contribution < -0.4 is 10.9 Å². The number of hydrogen-bond acceptors (Lipinski definition) is 5. The summed E-state index contributed by atoms with van der Waals surface area (Å²) in [5, 5.41) is 3.69. The van der Waals surface area contributed by atoms with Gasteiger partial charge in [-0.05, 0) is 42.0 Å². The molecule has 4 rings (SSSR count). The van der Waals surface area contributed by atoms with Gasteiger partial charge in [0, 0.05) is 0 Å². The Morgan fingerprint density at radius 3 is 2.67 bits per heavy atom. The van der Waals surface area contributed by atoms with Gasteiger partial charge in [0.05, 0.1) is 36.0 Å². The van der Waals surface area contributed by atoms with Crippen LogP contribution in [0.2, 0.25) is 0 Å². The van der Waals surface area contributed by atoms with E-state index in [1.807, 2.05) is 6.07 Å². The molecule has 0 radical (unpaired) electrons. The zero-order valence-corrected chi connectivity index (χ0v) is 16.7. The fourth-order valence-electron chi connectivity index (χ4n) is 2.95. The van der Waals surface area contributed by atoms with Gasteiger partial charge in [-0.2, -0.15) is 0 Å². The standard InChI is InChI=1S/C22H18FN3O3S/c23-16-9-7-15(8-10-16)13-26-21(28)18-5-1-2-6-19(18)25-22(26)30-14-20(27)24-12-17-4-3-11-29-17/h1-11H,12-14H2,(H,24,27). The Morgan fingerprint density at radius 1 is 1.10 bits per heavy atom. The Hall–Kier alpha value is -3.39. The third-order valence-electron chi connectivity index (χ3n) is 4.45. The number of benzene rings is 2. The van der Waals surface area contributed by atoms with Crippen molar-refractivity contribution in [1.29, 1.82) is 0 Å². The van der Waals surface area contributed by atoms with Crippen molar-refractivity contribution in [2.75, 3.05) is 5.75 Å². The van der Waals surface area contributed by atoms with Crippen molar-refractivity contribution in [1.82, 2.24) is 14.9 Å². The number of halogens is 1. The first-order chi connectivity index (χ1) is 14.6. The minimum atomic E-state index is -0.342. The van der Waals surface area contributed by atoms with Crippen molar-refractivity contribution in [2.24, 2.45) is 0 Å². The first-order valence-electron chi connectivity index (χ1n) is 9.26. The van der Waals surface area contributed by atoms with Crippen molar-refractivity contribution in [2.45, 2.75) is 18.2 Å². The number of carbonyl (C=O) groups excluding carboxylic acids is 1. The largest absolute Gasteiger partial charge is 0.467 e. The maximum Gasteiger partial charge on any atom is 0.262 e. The predicted octanol–water partition coefficient (Wildman–Crippen LogP) is 3.59. The maximum atomic E-state index is 13.2. The van der Waals surface area contributed by atoms with Gasteiger partial charge in [-0.1, -0.05) is 36.0 Å². The second-order valence-corrected chi connectivity index (χ2v) is 7.52. The van der Waals surface area contributed by atoms with Crippen LogP contribution in [0.3, 0.4) is 0 Å². The molecule has 0 aliphatic carbocycles. The van der Waals surface area contributed by atoms with Gasteiger partial charge < -0.3 is 9.73 Å². The first-order valence-corrected chi connectivity index (χ1v) is 10.2. The Labute approximate surface area is 175 Å². The van der Waals surface area contributed by atoms with E-state index in [-0.39, 0.29) is 29.6 Å². The van der Waals surface area contributed by atoms with Crippen molar-refractivity contribution < 1.29 is 13.6 Å². The molecule has 2 aromatic carbocycles. The average molecular weight is 423 g/mol. The quantitative estimate of drug-likeness (QED) is 0.363. The number of para-hydroxylation sites is 1. The van der Waals surface area contributed by atoms with Crippen LogP contribution in [-0.2, 0) is 17.9 Å². The van der Waals surface area contributed by atoms with Gasteiger partial charge in [-0.25, -0.2) is 9.37 Å². The molecule has 0 atom stereocenters. The number of carbonyl (C=O) groups is 1. The van der Waals surface area contributed by atoms with E-state index in [9.17, 15) is 14.0 Å². The Bertz CT molecular complexity index is 1220. The summed E-state index contributed by atoms with van der Waals surface area (Å²) in [6.45, 7) is 0.521. The molecular formula is C22H18FN3O3S. The molecule has 0 unspecified atom stereocenters. The lowest BCUT2D eigenvalue weighted by atomic mass is 10.2.